The Labute approximate surface area is 127 Å². The van der Waals surface area contributed by atoms with E-state index in [1.165, 1.54) is 0 Å². The second-order valence-corrected chi connectivity index (χ2v) is 5.87. The van der Waals surface area contributed by atoms with Crippen LogP contribution in [-0.4, -0.2) is 28.9 Å². The van der Waals surface area contributed by atoms with Gasteiger partial charge in [-0.1, -0.05) is 18.2 Å². The van der Waals surface area contributed by atoms with Crippen molar-refractivity contribution in [2.75, 3.05) is 23.4 Å². The first-order valence-electron chi connectivity index (χ1n) is 6.99. The third-order valence-corrected chi connectivity index (χ3v) is 4.16. The average Bonchev–Trinajstić information content (AvgIpc) is 2.93. The van der Waals surface area contributed by atoms with Crippen LogP contribution in [0, 0.1) is 0 Å². The van der Waals surface area contributed by atoms with Gasteiger partial charge in [0, 0.05) is 23.5 Å². The number of rotatable bonds is 4. The van der Waals surface area contributed by atoms with E-state index in [1.807, 2.05) is 24.3 Å². The van der Waals surface area contributed by atoms with Crippen molar-refractivity contribution in [1.82, 2.24) is 10.2 Å². The van der Waals surface area contributed by atoms with E-state index in [4.69, 9.17) is 0 Å². The highest BCUT2D eigenvalue weighted by Crippen LogP contribution is 2.24. The molecule has 1 aliphatic heterocycles. The van der Waals surface area contributed by atoms with Crippen molar-refractivity contribution in [3.8, 4) is 0 Å². The Kier molecular flexibility index (Phi) is 4.15. The van der Waals surface area contributed by atoms with Crippen molar-refractivity contribution in [2.24, 2.45) is 0 Å². The molecular weight excluding hydrogens is 284 g/mol. The first-order chi connectivity index (χ1) is 10.3. The lowest BCUT2D eigenvalue weighted by Gasteiger charge is -2.14. The summed E-state index contributed by atoms with van der Waals surface area (Å²) in [6.45, 7) is 0.912. The number of hydrogen-bond acceptors (Lipinski definition) is 4. The summed E-state index contributed by atoms with van der Waals surface area (Å²) in [6, 6.07) is 7.90. The lowest BCUT2D eigenvalue weighted by molar-refractivity contribution is 0.102. The number of benzene rings is 1. The molecule has 3 N–H and O–H groups in total. The molecule has 1 amide bonds. The smallest absolute Gasteiger partial charge is 0.274 e. The molecule has 0 bridgehead atoms. The van der Waals surface area contributed by atoms with E-state index in [-0.39, 0.29) is 5.91 Å². The Balaban J connectivity index is 1.82. The molecule has 5 nitrogen and oxygen atoms in total. The normalized spacial score (nSPS) is 13.4. The summed E-state index contributed by atoms with van der Waals surface area (Å²) in [5.74, 6) is 1.56. The fraction of sp³-hybridized carbons (Fsp3) is 0.333. The van der Waals surface area contributed by atoms with Crippen LogP contribution in [0.5, 0.6) is 0 Å². The molecule has 3 rings (SSSR count). The van der Waals surface area contributed by atoms with Gasteiger partial charge in [0.1, 0.15) is 5.69 Å². The highest BCUT2D eigenvalue weighted by atomic mass is 32.2. The van der Waals surface area contributed by atoms with Crippen molar-refractivity contribution < 1.29 is 4.79 Å². The summed E-state index contributed by atoms with van der Waals surface area (Å²) in [5.41, 5.74) is 3.55. The van der Waals surface area contributed by atoms with Crippen LogP contribution in [0.1, 0.15) is 28.0 Å². The number of nitrogens with one attached hydrogen (secondary N) is 3. The Hall–Kier alpha value is -1.95. The molecule has 0 saturated heterocycles. The predicted molar refractivity (Wildman–Crippen MR) is 87.0 cm³/mol. The first-order valence-corrected chi connectivity index (χ1v) is 8.38. The van der Waals surface area contributed by atoms with Gasteiger partial charge in [-0.05, 0) is 30.7 Å². The van der Waals surface area contributed by atoms with Crippen LogP contribution in [0.4, 0.5) is 11.5 Å². The largest absolute Gasteiger partial charge is 0.368 e. The van der Waals surface area contributed by atoms with Gasteiger partial charge in [-0.2, -0.15) is 16.9 Å². The van der Waals surface area contributed by atoms with Gasteiger partial charge in [0.15, 0.2) is 5.82 Å². The summed E-state index contributed by atoms with van der Waals surface area (Å²) in [5, 5.41) is 13.2. The highest BCUT2D eigenvalue weighted by Gasteiger charge is 2.21. The Morgan fingerprint density at radius 1 is 1.43 bits per heavy atom. The number of para-hydroxylation sites is 1. The van der Waals surface area contributed by atoms with E-state index in [9.17, 15) is 4.79 Å². The van der Waals surface area contributed by atoms with E-state index < -0.39 is 0 Å². The van der Waals surface area contributed by atoms with E-state index in [1.54, 1.807) is 11.8 Å². The van der Waals surface area contributed by atoms with Crippen molar-refractivity contribution in [3.63, 3.8) is 0 Å². The molecule has 1 aromatic heterocycles. The van der Waals surface area contributed by atoms with E-state index in [0.29, 0.717) is 5.69 Å². The molecule has 0 saturated carbocycles. The average molecular weight is 302 g/mol. The first kappa shape index (κ1) is 14.0. The summed E-state index contributed by atoms with van der Waals surface area (Å²) >= 11 is 1.73. The molecule has 0 aliphatic carbocycles. The van der Waals surface area contributed by atoms with Gasteiger partial charge >= 0.3 is 0 Å². The maximum atomic E-state index is 12.5. The van der Waals surface area contributed by atoms with Crippen molar-refractivity contribution in [1.29, 1.82) is 0 Å². The predicted octanol–water partition coefficient (Wildman–Crippen LogP) is 2.88. The number of fused-ring (bicyclic) bond motifs is 1. The van der Waals surface area contributed by atoms with Gasteiger partial charge in [0.25, 0.3) is 5.91 Å². The molecule has 21 heavy (non-hydrogen) atoms. The van der Waals surface area contributed by atoms with Gasteiger partial charge in [-0.15, -0.1) is 0 Å². The molecule has 1 aromatic carbocycles. The van der Waals surface area contributed by atoms with Crippen molar-refractivity contribution >= 4 is 29.2 Å². The molecule has 0 spiro atoms. The molecule has 1 aliphatic rings. The van der Waals surface area contributed by atoms with Gasteiger partial charge in [0.05, 0.1) is 0 Å². The second-order valence-electron chi connectivity index (χ2n) is 5.00. The lowest BCUT2D eigenvalue weighted by atomic mass is 10.1. The van der Waals surface area contributed by atoms with Crippen LogP contribution in [-0.2, 0) is 12.2 Å². The highest BCUT2D eigenvalue weighted by molar-refractivity contribution is 7.97. The summed E-state index contributed by atoms with van der Waals surface area (Å²) < 4.78 is 0. The molecule has 110 valence electrons. The summed E-state index contributed by atoms with van der Waals surface area (Å²) in [4.78, 5) is 12.5. The van der Waals surface area contributed by atoms with Crippen molar-refractivity contribution in [3.05, 3.63) is 41.1 Å². The molecule has 0 atom stereocenters. The molecule has 0 fully saturated rings. The quantitative estimate of drug-likeness (QED) is 0.812. The fourth-order valence-electron chi connectivity index (χ4n) is 2.52. The van der Waals surface area contributed by atoms with E-state index >= 15 is 0 Å². The molecular formula is C15H18N4OS. The van der Waals surface area contributed by atoms with E-state index in [2.05, 4.69) is 27.1 Å². The maximum Gasteiger partial charge on any atom is 0.274 e. The van der Waals surface area contributed by atoms with Crippen LogP contribution in [0.2, 0.25) is 0 Å². The van der Waals surface area contributed by atoms with Crippen LogP contribution >= 0.6 is 11.8 Å². The number of hydrogen-bond donors (Lipinski definition) is 3. The minimum atomic E-state index is -0.124. The minimum Gasteiger partial charge on any atom is -0.368 e. The second kappa shape index (κ2) is 6.22. The number of carbonyl (C=O) groups excluding carboxylic acids is 1. The number of aromatic amines is 1. The van der Waals surface area contributed by atoms with Gasteiger partial charge < -0.3 is 10.6 Å². The van der Waals surface area contributed by atoms with Gasteiger partial charge in [-0.25, -0.2) is 0 Å². The zero-order valence-electron chi connectivity index (χ0n) is 11.9. The number of aromatic nitrogens is 2. The third-order valence-electron chi connectivity index (χ3n) is 3.56. The Morgan fingerprint density at radius 3 is 3.14 bits per heavy atom. The Bertz CT molecular complexity index is 653. The summed E-state index contributed by atoms with van der Waals surface area (Å²) in [6.07, 6.45) is 3.96. The van der Waals surface area contributed by atoms with Gasteiger partial charge in [-0.3, -0.25) is 9.89 Å². The molecule has 0 unspecified atom stereocenters. The number of anilines is 2. The van der Waals surface area contributed by atoms with E-state index in [0.717, 1.165) is 47.8 Å². The maximum absolute atomic E-state index is 12.5. The zero-order chi connectivity index (χ0) is 14.7. The van der Waals surface area contributed by atoms with Crippen LogP contribution in [0.3, 0.4) is 0 Å². The number of carbonyl (C=O) groups is 1. The SMILES string of the molecule is CSCc1ccccc1NC(=O)c1[nH]nc2c1CCCN2. The Morgan fingerprint density at radius 2 is 2.29 bits per heavy atom. The van der Waals surface area contributed by atoms with Crippen molar-refractivity contribution in [2.45, 2.75) is 18.6 Å². The van der Waals surface area contributed by atoms with Gasteiger partial charge in [0.2, 0.25) is 0 Å². The lowest BCUT2D eigenvalue weighted by Crippen LogP contribution is -2.18. The third kappa shape index (κ3) is 2.90. The monoisotopic (exact) mass is 302 g/mol. The molecule has 6 heteroatoms. The van der Waals surface area contributed by atoms with Crippen LogP contribution < -0.4 is 10.6 Å². The zero-order valence-corrected chi connectivity index (χ0v) is 12.7. The summed E-state index contributed by atoms with van der Waals surface area (Å²) in [7, 11) is 0. The van der Waals surface area contributed by atoms with Crippen LogP contribution in [0.15, 0.2) is 24.3 Å². The molecule has 0 radical (unpaired) electrons. The fourth-order valence-corrected chi connectivity index (χ4v) is 3.09. The molecule has 2 aromatic rings. The number of thioether (sulfide) groups is 1. The standard InChI is InChI=1S/C15H18N4OS/c1-21-9-10-5-2-3-7-12(10)17-15(20)13-11-6-4-8-16-14(11)19-18-13/h2-3,5,7H,4,6,8-9H2,1H3,(H,17,20)(H2,16,18,19). The number of amides is 1. The van der Waals surface area contributed by atoms with Crippen LogP contribution in [0.25, 0.3) is 0 Å². The molecule has 2 heterocycles. The number of nitrogens with zero attached hydrogens (tertiary/aromatic N) is 1. The topological polar surface area (TPSA) is 69.8 Å². The minimum absolute atomic E-state index is 0.124. The number of H-pyrrole nitrogens is 1.